The molecule has 1 N–H and O–H groups in total. The highest BCUT2D eigenvalue weighted by atomic mass is 32.1. The van der Waals surface area contributed by atoms with Crippen LogP contribution in [0.4, 0.5) is 5.69 Å². The fraction of sp³-hybridized carbons (Fsp3) is 0.333. The van der Waals surface area contributed by atoms with E-state index in [1.807, 2.05) is 0 Å². The second-order valence-electron chi connectivity index (χ2n) is 7.05. The van der Waals surface area contributed by atoms with E-state index in [2.05, 4.69) is 39.4 Å². The third kappa shape index (κ3) is 3.95. The highest BCUT2D eigenvalue weighted by molar-refractivity contribution is 7.17. The van der Waals surface area contributed by atoms with Gasteiger partial charge >= 0.3 is 5.97 Å². The number of pyridine rings is 1. The number of anilines is 1. The molecule has 0 saturated carbocycles. The Hall–Kier alpha value is -2.64. The lowest BCUT2D eigenvalue weighted by atomic mass is 10.2. The smallest absolute Gasteiger partial charge is 0.337 e. The summed E-state index contributed by atoms with van der Waals surface area (Å²) in [5.41, 5.74) is 1.31. The molecule has 7 heteroatoms. The van der Waals surface area contributed by atoms with Crippen molar-refractivity contribution in [2.24, 2.45) is 0 Å². The van der Waals surface area contributed by atoms with Crippen LogP contribution >= 0.6 is 11.3 Å². The van der Waals surface area contributed by atoms with Crippen molar-refractivity contribution in [1.82, 2.24) is 9.47 Å². The van der Waals surface area contributed by atoms with Crippen LogP contribution in [0.3, 0.4) is 0 Å². The van der Waals surface area contributed by atoms with Crippen LogP contribution in [-0.4, -0.2) is 53.3 Å². The number of hydrogen-bond donors (Lipinski definition) is 1. The van der Waals surface area contributed by atoms with Crippen LogP contribution in [0.5, 0.6) is 0 Å². The summed E-state index contributed by atoms with van der Waals surface area (Å²) < 4.78 is 2.82. The van der Waals surface area contributed by atoms with Crippen molar-refractivity contribution in [2.75, 3.05) is 37.6 Å². The van der Waals surface area contributed by atoms with E-state index >= 15 is 0 Å². The predicted octanol–water partition coefficient (Wildman–Crippen LogP) is 2.97. The molecule has 0 amide bonds. The molecule has 1 saturated heterocycles. The van der Waals surface area contributed by atoms with Gasteiger partial charge in [-0.3, -0.25) is 9.69 Å². The largest absolute Gasteiger partial charge is 0.478 e. The summed E-state index contributed by atoms with van der Waals surface area (Å²) in [6.45, 7) is 5.40. The van der Waals surface area contributed by atoms with Gasteiger partial charge in [-0.2, -0.15) is 0 Å². The molecule has 1 aliphatic rings. The summed E-state index contributed by atoms with van der Waals surface area (Å²) in [7, 11) is 0. The average molecular weight is 398 g/mol. The first kappa shape index (κ1) is 18.7. The van der Waals surface area contributed by atoms with Gasteiger partial charge < -0.3 is 14.6 Å². The fourth-order valence-corrected chi connectivity index (χ4v) is 4.57. The van der Waals surface area contributed by atoms with Crippen LogP contribution in [0.15, 0.2) is 52.8 Å². The van der Waals surface area contributed by atoms with E-state index in [-0.39, 0.29) is 11.1 Å². The van der Waals surface area contributed by atoms with Gasteiger partial charge in [-0.15, -0.1) is 11.3 Å². The molecule has 146 valence electrons. The van der Waals surface area contributed by atoms with Gasteiger partial charge in [0.05, 0.1) is 5.56 Å². The molecule has 6 nitrogen and oxygen atoms in total. The van der Waals surface area contributed by atoms with Crippen molar-refractivity contribution in [3.8, 4) is 0 Å². The van der Waals surface area contributed by atoms with Crippen LogP contribution in [0, 0.1) is 0 Å². The number of nitrogens with zero attached hydrogens (tertiary/aromatic N) is 3. The van der Waals surface area contributed by atoms with Crippen LogP contribution < -0.4 is 10.5 Å². The zero-order valence-corrected chi connectivity index (χ0v) is 16.4. The summed E-state index contributed by atoms with van der Waals surface area (Å²) in [4.78, 5) is 27.8. The molecule has 2 aromatic heterocycles. The molecule has 3 aromatic rings. The number of piperazine rings is 1. The van der Waals surface area contributed by atoms with Crippen molar-refractivity contribution in [3.63, 3.8) is 0 Å². The molecule has 0 atom stereocenters. The van der Waals surface area contributed by atoms with Gasteiger partial charge in [0, 0.05) is 60.8 Å². The van der Waals surface area contributed by atoms with Crippen molar-refractivity contribution in [2.45, 2.75) is 13.0 Å². The molecule has 0 aliphatic carbocycles. The van der Waals surface area contributed by atoms with E-state index in [9.17, 15) is 9.59 Å². The Balaban J connectivity index is 1.31. The summed E-state index contributed by atoms with van der Waals surface area (Å²) in [6, 6.07) is 11.4. The van der Waals surface area contributed by atoms with Crippen LogP contribution in [0.25, 0.3) is 10.1 Å². The Bertz CT molecular complexity index is 1030. The van der Waals surface area contributed by atoms with Gasteiger partial charge in [-0.05, 0) is 42.6 Å². The van der Waals surface area contributed by atoms with E-state index in [0.29, 0.717) is 6.54 Å². The summed E-state index contributed by atoms with van der Waals surface area (Å²) in [5, 5.41) is 12.5. The number of rotatable bonds is 6. The zero-order valence-electron chi connectivity index (χ0n) is 15.6. The number of fused-ring (bicyclic) bond motifs is 1. The van der Waals surface area contributed by atoms with E-state index in [1.54, 1.807) is 11.3 Å². The molecular formula is C21H23N3O3S. The van der Waals surface area contributed by atoms with Crippen molar-refractivity contribution in [1.29, 1.82) is 0 Å². The number of aromatic carboxylic acids is 1. The van der Waals surface area contributed by atoms with Crippen LogP contribution in [0.1, 0.15) is 16.8 Å². The topological polar surface area (TPSA) is 65.8 Å². The number of aromatic nitrogens is 1. The molecule has 1 aliphatic heterocycles. The second kappa shape index (κ2) is 8.16. The molecule has 0 spiro atoms. The maximum atomic E-state index is 11.9. The molecule has 1 fully saturated rings. The first-order chi connectivity index (χ1) is 13.6. The minimum absolute atomic E-state index is 0.149. The Morgan fingerprint density at radius 2 is 1.86 bits per heavy atom. The number of aryl methyl sites for hydroxylation is 1. The van der Waals surface area contributed by atoms with Crippen LogP contribution in [0.2, 0.25) is 0 Å². The second-order valence-corrected chi connectivity index (χ2v) is 7.99. The molecule has 3 heterocycles. The van der Waals surface area contributed by atoms with E-state index in [1.165, 1.54) is 38.7 Å². The van der Waals surface area contributed by atoms with Gasteiger partial charge in [0.1, 0.15) is 0 Å². The third-order valence-electron chi connectivity index (χ3n) is 5.29. The quantitative estimate of drug-likeness (QED) is 0.693. The third-order valence-corrected chi connectivity index (χ3v) is 6.17. The highest BCUT2D eigenvalue weighted by Gasteiger charge is 2.18. The SMILES string of the molecule is O=C(O)c1ccc(=O)n(CCCN2CCN(c3cccc4sccc34)CC2)c1. The van der Waals surface area contributed by atoms with Crippen molar-refractivity contribution < 1.29 is 9.90 Å². The minimum atomic E-state index is -1.01. The lowest BCUT2D eigenvalue weighted by Crippen LogP contribution is -2.46. The van der Waals surface area contributed by atoms with Crippen molar-refractivity contribution >= 4 is 33.1 Å². The lowest BCUT2D eigenvalue weighted by molar-refractivity contribution is 0.0695. The molecule has 0 unspecified atom stereocenters. The van der Waals surface area contributed by atoms with E-state index in [0.717, 1.165) is 39.1 Å². The summed E-state index contributed by atoms with van der Waals surface area (Å²) >= 11 is 1.78. The lowest BCUT2D eigenvalue weighted by Gasteiger charge is -2.36. The zero-order chi connectivity index (χ0) is 19.5. The molecule has 1 aromatic carbocycles. The van der Waals surface area contributed by atoms with Gasteiger partial charge in [0.25, 0.3) is 5.56 Å². The number of hydrogen-bond acceptors (Lipinski definition) is 5. The first-order valence-corrected chi connectivity index (χ1v) is 10.4. The van der Waals surface area contributed by atoms with E-state index in [4.69, 9.17) is 5.11 Å². The Kier molecular flexibility index (Phi) is 5.45. The first-order valence-electron chi connectivity index (χ1n) is 9.49. The Labute approximate surface area is 167 Å². The van der Waals surface area contributed by atoms with Gasteiger partial charge in [-0.25, -0.2) is 4.79 Å². The number of benzene rings is 1. The maximum absolute atomic E-state index is 11.9. The molecule has 4 rings (SSSR count). The van der Waals surface area contributed by atoms with Gasteiger partial charge in [0.15, 0.2) is 0 Å². The summed E-state index contributed by atoms with van der Waals surface area (Å²) in [6.07, 6.45) is 2.26. The molecule has 0 bridgehead atoms. The number of carboxylic acids is 1. The maximum Gasteiger partial charge on any atom is 0.337 e. The molecule has 28 heavy (non-hydrogen) atoms. The number of thiophene rings is 1. The van der Waals surface area contributed by atoms with Crippen LogP contribution in [-0.2, 0) is 6.54 Å². The Morgan fingerprint density at radius 1 is 1.04 bits per heavy atom. The number of carboxylic acid groups (broad SMARTS) is 1. The van der Waals surface area contributed by atoms with E-state index < -0.39 is 5.97 Å². The Morgan fingerprint density at radius 3 is 2.64 bits per heavy atom. The number of carbonyl (C=O) groups is 1. The normalized spacial score (nSPS) is 15.2. The molecule has 0 radical (unpaired) electrons. The van der Waals surface area contributed by atoms with Crippen molar-refractivity contribution in [3.05, 3.63) is 63.9 Å². The minimum Gasteiger partial charge on any atom is -0.478 e. The monoisotopic (exact) mass is 397 g/mol. The fourth-order valence-electron chi connectivity index (χ4n) is 3.76. The summed E-state index contributed by atoms with van der Waals surface area (Å²) in [5.74, 6) is -1.01. The molecular weight excluding hydrogens is 374 g/mol. The predicted molar refractivity (Wildman–Crippen MR) is 113 cm³/mol. The standard InChI is InChI=1S/C21H23N3O3S/c25-20-6-5-16(21(26)27)15-24(20)9-2-8-22-10-12-23(13-11-22)18-3-1-4-19-17(18)7-14-28-19/h1,3-7,14-15H,2,8-13H2,(H,26,27). The van der Waals surface area contributed by atoms with Gasteiger partial charge in [0.2, 0.25) is 0 Å². The van der Waals surface area contributed by atoms with Gasteiger partial charge in [-0.1, -0.05) is 6.07 Å². The average Bonchev–Trinajstić information content (AvgIpc) is 3.19. The highest BCUT2D eigenvalue weighted by Crippen LogP contribution is 2.31.